The van der Waals surface area contributed by atoms with Crippen molar-refractivity contribution in [3.63, 3.8) is 0 Å². The molecule has 0 atom stereocenters. The molecule has 0 saturated carbocycles. The number of halogens is 3. The Morgan fingerprint density at radius 3 is 2.14 bits per heavy atom. The molecule has 0 aliphatic heterocycles. The first kappa shape index (κ1) is 15.7. The summed E-state index contributed by atoms with van der Waals surface area (Å²) in [5.41, 5.74) is 4.68. The molecule has 0 saturated heterocycles. The second-order valence-electron chi connectivity index (χ2n) is 4.18. The third-order valence-electron chi connectivity index (χ3n) is 2.78. The number of nitrogen functional groups attached to an aromatic ring is 1. The summed E-state index contributed by atoms with van der Waals surface area (Å²) >= 11 is 18.2. The van der Waals surface area contributed by atoms with Crippen molar-refractivity contribution in [2.45, 2.75) is 0 Å². The molecule has 0 aromatic heterocycles. The summed E-state index contributed by atoms with van der Waals surface area (Å²) in [7, 11) is 0. The molecule has 3 N–H and O–H groups in total. The van der Waals surface area contributed by atoms with Gasteiger partial charge in [0.15, 0.2) is 0 Å². The molecule has 0 bridgehead atoms. The number of nitrogens with two attached hydrogens (primary N) is 1. The third-order valence-corrected chi connectivity index (χ3v) is 3.63. The van der Waals surface area contributed by atoms with Crippen LogP contribution in [0.25, 0.3) is 11.6 Å². The molecule has 2 aromatic carbocycles. The van der Waals surface area contributed by atoms with Crippen LogP contribution in [0.4, 0.5) is 5.69 Å². The van der Waals surface area contributed by atoms with E-state index in [0.717, 1.165) is 5.56 Å². The van der Waals surface area contributed by atoms with Gasteiger partial charge in [-0.1, -0.05) is 46.9 Å². The quantitative estimate of drug-likeness (QED) is 0.358. The first-order chi connectivity index (χ1) is 10.0. The fraction of sp³-hybridized carbons (Fsp3) is 0. The Kier molecular flexibility index (Phi) is 5.11. The van der Waals surface area contributed by atoms with Gasteiger partial charge < -0.3 is 5.43 Å². The van der Waals surface area contributed by atoms with E-state index in [2.05, 4.69) is 11.5 Å². The fourth-order valence-corrected chi connectivity index (χ4v) is 2.62. The zero-order chi connectivity index (χ0) is 15.4. The molecule has 0 spiro atoms. The highest BCUT2D eigenvalue weighted by molar-refractivity contribution is 6.38. The molecule has 21 heavy (non-hydrogen) atoms. The van der Waals surface area contributed by atoms with Crippen LogP contribution >= 0.6 is 34.8 Å². The summed E-state index contributed by atoms with van der Waals surface area (Å²) in [6.07, 6.45) is 1.69. The molecular formula is C15H10Cl3N3. The lowest BCUT2D eigenvalue weighted by Crippen LogP contribution is -2.06. The van der Waals surface area contributed by atoms with Crippen LogP contribution in [-0.4, -0.2) is 0 Å². The van der Waals surface area contributed by atoms with E-state index in [4.69, 9.17) is 40.6 Å². The minimum atomic E-state index is 0.345. The third kappa shape index (κ3) is 3.69. The number of anilines is 1. The lowest BCUT2D eigenvalue weighted by molar-refractivity contribution is 1.35. The van der Waals surface area contributed by atoms with Crippen LogP contribution < -0.4 is 11.3 Å². The van der Waals surface area contributed by atoms with Gasteiger partial charge in [0, 0.05) is 10.6 Å². The van der Waals surface area contributed by atoms with E-state index in [1.54, 1.807) is 42.5 Å². The number of hydrogen-bond donors (Lipinski definition) is 2. The number of nitrogens with one attached hydrogen (secondary N) is 1. The maximum absolute atomic E-state index is 9.37. The highest BCUT2D eigenvalue weighted by atomic mass is 35.5. The van der Waals surface area contributed by atoms with E-state index in [-0.39, 0.29) is 0 Å². The molecule has 0 fully saturated rings. The highest BCUT2D eigenvalue weighted by Gasteiger charge is 2.13. The molecule has 0 aliphatic rings. The SMILES string of the molecule is N#C/C(=C\c1ccc(Cl)cc1)c1c(Cl)cc(NN)cc1Cl. The Morgan fingerprint density at radius 1 is 1.10 bits per heavy atom. The van der Waals surface area contributed by atoms with E-state index < -0.39 is 0 Å². The second-order valence-corrected chi connectivity index (χ2v) is 5.43. The van der Waals surface area contributed by atoms with Gasteiger partial charge in [-0.3, -0.25) is 5.84 Å². The zero-order valence-corrected chi connectivity index (χ0v) is 13.0. The van der Waals surface area contributed by atoms with Crippen molar-refractivity contribution in [3.8, 4) is 6.07 Å². The van der Waals surface area contributed by atoms with Crippen molar-refractivity contribution >= 4 is 52.1 Å². The van der Waals surface area contributed by atoms with Gasteiger partial charge in [-0.2, -0.15) is 5.26 Å². The maximum atomic E-state index is 9.37. The molecule has 0 heterocycles. The van der Waals surface area contributed by atoms with Crippen molar-refractivity contribution < 1.29 is 0 Å². The number of rotatable bonds is 3. The molecule has 6 heteroatoms. The Hall–Kier alpha value is -1.70. The molecule has 0 aliphatic carbocycles. The number of hydrazine groups is 1. The van der Waals surface area contributed by atoms with E-state index in [0.29, 0.717) is 31.9 Å². The Labute approximate surface area is 137 Å². The number of hydrogen-bond acceptors (Lipinski definition) is 3. The predicted molar refractivity (Wildman–Crippen MR) is 89.2 cm³/mol. The van der Waals surface area contributed by atoms with Crippen molar-refractivity contribution in [1.82, 2.24) is 0 Å². The lowest BCUT2D eigenvalue weighted by atomic mass is 10.0. The summed E-state index contributed by atoms with van der Waals surface area (Å²) < 4.78 is 0. The van der Waals surface area contributed by atoms with Crippen LogP contribution in [0.5, 0.6) is 0 Å². The number of nitrogens with zero attached hydrogens (tertiary/aromatic N) is 1. The predicted octanol–water partition coefficient (Wildman–Crippen LogP) is 5.00. The van der Waals surface area contributed by atoms with Gasteiger partial charge in [-0.05, 0) is 35.9 Å². The first-order valence-electron chi connectivity index (χ1n) is 5.88. The summed E-state index contributed by atoms with van der Waals surface area (Å²) in [5, 5.41) is 10.7. The minimum absolute atomic E-state index is 0.345. The van der Waals surface area contributed by atoms with Crippen LogP contribution in [-0.2, 0) is 0 Å². The summed E-state index contributed by atoms with van der Waals surface area (Å²) in [6, 6.07) is 12.4. The van der Waals surface area contributed by atoms with E-state index in [1.165, 1.54) is 0 Å². The van der Waals surface area contributed by atoms with Crippen LogP contribution in [0.15, 0.2) is 36.4 Å². The smallest absolute Gasteiger partial charge is 0.0999 e. The van der Waals surface area contributed by atoms with Gasteiger partial charge in [0.25, 0.3) is 0 Å². The number of benzene rings is 2. The molecule has 106 valence electrons. The van der Waals surface area contributed by atoms with E-state index in [9.17, 15) is 5.26 Å². The Bertz CT molecular complexity index is 708. The van der Waals surface area contributed by atoms with Crippen LogP contribution in [0.2, 0.25) is 15.1 Å². The van der Waals surface area contributed by atoms with Crippen LogP contribution in [0.3, 0.4) is 0 Å². The van der Waals surface area contributed by atoms with Crippen molar-refractivity contribution in [2.24, 2.45) is 5.84 Å². The maximum Gasteiger partial charge on any atom is 0.0999 e. The zero-order valence-electron chi connectivity index (χ0n) is 10.7. The molecule has 2 rings (SSSR count). The average Bonchev–Trinajstić information content (AvgIpc) is 2.47. The average molecular weight is 339 g/mol. The Balaban J connectivity index is 2.52. The summed E-state index contributed by atoms with van der Waals surface area (Å²) in [6.45, 7) is 0. The molecule has 0 amide bonds. The fourth-order valence-electron chi connectivity index (χ4n) is 1.80. The molecular weight excluding hydrogens is 329 g/mol. The van der Waals surface area contributed by atoms with Crippen LogP contribution in [0.1, 0.15) is 11.1 Å². The molecule has 3 nitrogen and oxygen atoms in total. The van der Waals surface area contributed by atoms with Gasteiger partial charge in [0.1, 0.15) is 0 Å². The highest BCUT2D eigenvalue weighted by Crippen LogP contribution is 2.34. The number of nitriles is 1. The normalized spacial score (nSPS) is 11.1. The monoisotopic (exact) mass is 337 g/mol. The van der Waals surface area contributed by atoms with E-state index in [1.807, 2.05) is 0 Å². The first-order valence-corrected chi connectivity index (χ1v) is 7.02. The van der Waals surface area contributed by atoms with Gasteiger partial charge >= 0.3 is 0 Å². The lowest BCUT2D eigenvalue weighted by Gasteiger charge is -2.09. The number of allylic oxidation sites excluding steroid dienone is 1. The van der Waals surface area contributed by atoms with Crippen molar-refractivity contribution in [2.75, 3.05) is 5.43 Å². The standard InChI is InChI=1S/C15H10Cl3N3/c16-11-3-1-9(2-4-11)5-10(8-19)15-13(17)6-12(21-20)7-14(15)18/h1-7,21H,20H2/b10-5+. The summed E-state index contributed by atoms with van der Waals surface area (Å²) in [5.74, 6) is 5.32. The second kappa shape index (κ2) is 6.84. The Morgan fingerprint density at radius 2 is 1.67 bits per heavy atom. The molecule has 0 unspecified atom stereocenters. The van der Waals surface area contributed by atoms with Gasteiger partial charge in [0.05, 0.1) is 27.4 Å². The topological polar surface area (TPSA) is 61.8 Å². The van der Waals surface area contributed by atoms with Crippen molar-refractivity contribution in [3.05, 3.63) is 62.6 Å². The minimum Gasteiger partial charge on any atom is -0.324 e. The largest absolute Gasteiger partial charge is 0.324 e. The molecule has 2 aromatic rings. The van der Waals surface area contributed by atoms with Gasteiger partial charge in [-0.15, -0.1) is 0 Å². The van der Waals surface area contributed by atoms with E-state index >= 15 is 0 Å². The van der Waals surface area contributed by atoms with Gasteiger partial charge in [0.2, 0.25) is 0 Å². The molecule has 0 radical (unpaired) electrons. The van der Waals surface area contributed by atoms with Crippen molar-refractivity contribution in [1.29, 1.82) is 5.26 Å². The van der Waals surface area contributed by atoms with Crippen LogP contribution in [0, 0.1) is 11.3 Å². The van der Waals surface area contributed by atoms with Gasteiger partial charge in [-0.25, -0.2) is 0 Å². The summed E-state index contributed by atoms with van der Waals surface area (Å²) in [4.78, 5) is 0.